The predicted molar refractivity (Wildman–Crippen MR) is 55.6 cm³/mol. The Kier molecular flexibility index (Phi) is 2.88. The van der Waals surface area contributed by atoms with Gasteiger partial charge in [0.25, 0.3) is 0 Å². The Morgan fingerprint density at radius 1 is 1.50 bits per heavy atom. The molecule has 0 bridgehead atoms. The fourth-order valence-electron chi connectivity index (χ4n) is 1.84. The number of rotatable bonds is 1. The maximum absolute atomic E-state index is 6.31. The van der Waals surface area contributed by atoms with Crippen LogP contribution in [0.15, 0.2) is 12.2 Å². The van der Waals surface area contributed by atoms with Crippen molar-refractivity contribution in [3.63, 3.8) is 0 Å². The lowest BCUT2D eigenvalue weighted by atomic mass is 9.71. The van der Waals surface area contributed by atoms with Crippen LogP contribution in [0.5, 0.6) is 0 Å². The molecule has 0 aromatic heterocycles. The minimum Gasteiger partial charge on any atom is -0.122 e. The van der Waals surface area contributed by atoms with Gasteiger partial charge < -0.3 is 0 Å². The molecule has 0 aromatic rings. The van der Waals surface area contributed by atoms with E-state index in [1.165, 1.54) is 18.4 Å². The molecular formula is C11H19Cl. The zero-order chi connectivity index (χ0) is 9.35. The average Bonchev–Trinajstić information content (AvgIpc) is 1.94. The highest BCUT2D eigenvalue weighted by Gasteiger charge is 2.35. The SMILES string of the molecule is C=C(C)C1CCC(C)(C)[C@H](Cl)C1. The zero-order valence-corrected chi connectivity index (χ0v) is 9.12. The first-order valence-corrected chi connectivity index (χ1v) is 5.16. The second-order valence-corrected chi connectivity index (χ2v) is 5.30. The molecule has 1 fully saturated rings. The summed E-state index contributed by atoms with van der Waals surface area (Å²) in [6.45, 7) is 10.6. The molecule has 0 N–H and O–H groups in total. The van der Waals surface area contributed by atoms with E-state index in [4.69, 9.17) is 11.6 Å². The van der Waals surface area contributed by atoms with Crippen LogP contribution in [0.3, 0.4) is 0 Å². The molecule has 1 heteroatoms. The number of allylic oxidation sites excluding steroid dienone is 1. The van der Waals surface area contributed by atoms with Crippen LogP contribution in [0.25, 0.3) is 0 Å². The molecule has 1 rings (SSSR count). The van der Waals surface area contributed by atoms with E-state index < -0.39 is 0 Å². The third-order valence-corrected chi connectivity index (χ3v) is 3.94. The third kappa shape index (κ3) is 2.04. The van der Waals surface area contributed by atoms with E-state index in [2.05, 4.69) is 27.4 Å². The van der Waals surface area contributed by atoms with Gasteiger partial charge in [0, 0.05) is 5.38 Å². The van der Waals surface area contributed by atoms with Gasteiger partial charge in [-0.05, 0) is 37.5 Å². The molecule has 0 nitrogen and oxygen atoms in total. The monoisotopic (exact) mass is 186 g/mol. The lowest BCUT2D eigenvalue weighted by Crippen LogP contribution is -2.32. The molecule has 0 aromatic carbocycles. The largest absolute Gasteiger partial charge is 0.122 e. The van der Waals surface area contributed by atoms with E-state index in [0.29, 0.717) is 16.7 Å². The smallest absolute Gasteiger partial charge is 0.0392 e. The molecule has 0 heterocycles. The lowest BCUT2D eigenvalue weighted by Gasteiger charge is -2.39. The Labute approximate surface area is 81.0 Å². The van der Waals surface area contributed by atoms with E-state index in [-0.39, 0.29) is 0 Å². The van der Waals surface area contributed by atoms with Gasteiger partial charge in [0.2, 0.25) is 0 Å². The van der Waals surface area contributed by atoms with Crippen LogP contribution in [-0.2, 0) is 0 Å². The van der Waals surface area contributed by atoms with Gasteiger partial charge in [0.1, 0.15) is 0 Å². The quantitative estimate of drug-likeness (QED) is 0.429. The average molecular weight is 187 g/mol. The van der Waals surface area contributed by atoms with Crippen molar-refractivity contribution in [2.45, 2.75) is 45.4 Å². The number of hydrogen-bond donors (Lipinski definition) is 0. The molecule has 0 radical (unpaired) electrons. The van der Waals surface area contributed by atoms with Gasteiger partial charge in [0.05, 0.1) is 0 Å². The molecule has 1 unspecified atom stereocenters. The minimum atomic E-state index is 0.327. The van der Waals surface area contributed by atoms with Gasteiger partial charge in [-0.25, -0.2) is 0 Å². The molecule has 1 aliphatic carbocycles. The first-order chi connectivity index (χ1) is 5.43. The van der Waals surface area contributed by atoms with Crippen molar-refractivity contribution in [3.8, 4) is 0 Å². The summed E-state index contributed by atoms with van der Waals surface area (Å²) in [7, 11) is 0. The van der Waals surface area contributed by atoms with Crippen LogP contribution in [-0.4, -0.2) is 5.38 Å². The predicted octanol–water partition coefficient (Wildman–Crippen LogP) is 4.00. The molecular weight excluding hydrogens is 168 g/mol. The van der Waals surface area contributed by atoms with Crippen LogP contribution in [0.4, 0.5) is 0 Å². The standard InChI is InChI=1S/C11H19Cl/c1-8(2)9-5-6-11(3,4)10(12)7-9/h9-10H,1,5-7H2,2-4H3/t9?,10-/m1/s1. The minimum absolute atomic E-state index is 0.327. The van der Waals surface area contributed by atoms with Crippen LogP contribution in [0.2, 0.25) is 0 Å². The summed E-state index contributed by atoms with van der Waals surface area (Å²) in [6, 6.07) is 0. The maximum atomic E-state index is 6.31. The summed E-state index contributed by atoms with van der Waals surface area (Å²) in [5, 5.41) is 0.327. The zero-order valence-electron chi connectivity index (χ0n) is 8.36. The fraction of sp³-hybridized carbons (Fsp3) is 0.818. The van der Waals surface area contributed by atoms with Crippen molar-refractivity contribution in [1.29, 1.82) is 0 Å². The number of halogens is 1. The first kappa shape index (κ1) is 10.1. The van der Waals surface area contributed by atoms with E-state index in [0.717, 1.165) is 6.42 Å². The topological polar surface area (TPSA) is 0 Å². The van der Waals surface area contributed by atoms with Gasteiger partial charge >= 0.3 is 0 Å². The van der Waals surface area contributed by atoms with Crippen LogP contribution in [0, 0.1) is 11.3 Å². The van der Waals surface area contributed by atoms with Crippen molar-refractivity contribution < 1.29 is 0 Å². The van der Waals surface area contributed by atoms with Gasteiger partial charge in [-0.3, -0.25) is 0 Å². The molecule has 1 aliphatic rings. The molecule has 0 amide bonds. The Morgan fingerprint density at radius 2 is 2.08 bits per heavy atom. The first-order valence-electron chi connectivity index (χ1n) is 4.73. The highest BCUT2D eigenvalue weighted by Crippen LogP contribution is 2.43. The second kappa shape index (κ2) is 3.41. The summed E-state index contributed by atoms with van der Waals surface area (Å²) < 4.78 is 0. The van der Waals surface area contributed by atoms with Crippen molar-refractivity contribution in [1.82, 2.24) is 0 Å². The van der Waals surface area contributed by atoms with E-state index in [1.807, 2.05) is 0 Å². The van der Waals surface area contributed by atoms with E-state index in [1.54, 1.807) is 0 Å². The van der Waals surface area contributed by atoms with Gasteiger partial charge in [-0.1, -0.05) is 26.0 Å². The summed E-state index contributed by atoms with van der Waals surface area (Å²) in [4.78, 5) is 0. The highest BCUT2D eigenvalue weighted by atomic mass is 35.5. The van der Waals surface area contributed by atoms with Gasteiger partial charge in [-0.2, -0.15) is 0 Å². The second-order valence-electron chi connectivity index (χ2n) is 4.77. The van der Waals surface area contributed by atoms with E-state index in [9.17, 15) is 0 Å². The molecule has 2 atom stereocenters. The number of alkyl halides is 1. The van der Waals surface area contributed by atoms with Crippen molar-refractivity contribution in [2.24, 2.45) is 11.3 Å². The Hall–Kier alpha value is 0.0300. The normalized spacial score (nSPS) is 34.7. The summed E-state index contributed by atoms with van der Waals surface area (Å²) >= 11 is 6.31. The molecule has 1 saturated carbocycles. The molecule has 70 valence electrons. The Bertz CT molecular complexity index is 181. The summed E-state index contributed by atoms with van der Waals surface area (Å²) in [5.41, 5.74) is 1.63. The molecule has 0 aliphatic heterocycles. The third-order valence-electron chi connectivity index (χ3n) is 3.17. The van der Waals surface area contributed by atoms with Crippen LogP contribution in [0.1, 0.15) is 40.0 Å². The molecule has 0 saturated heterocycles. The van der Waals surface area contributed by atoms with Crippen molar-refractivity contribution >= 4 is 11.6 Å². The fourth-order valence-corrected chi connectivity index (χ4v) is 2.16. The van der Waals surface area contributed by atoms with Crippen molar-refractivity contribution in [3.05, 3.63) is 12.2 Å². The lowest BCUT2D eigenvalue weighted by molar-refractivity contribution is 0.215. The van der Waals surface area contributed by atoms with Crippen LogP contribution < -0.4 is 0 Å². The van der Waals surface area contributed by atoms with Gasteiger partial charge in [0.15, 0.2) is 0 Å². The summed E-state index contributed by atoms with van der Waals surface area (Å²) in [5.74, 6) is 0.667. The highest BCUT2D eigenvalue weighted by molar-refractivity contribution is 6.21. The molecule has 0 spiro atoms. The van der Waals surface area contributed by atoms with Crippen LogP contribution >= 0.6 is 11.6 Å². The Morgan fingerprint density at radius 3 is 2.50 bits per heavy atom. The molecule has 12 heavy (non-hydrogen) atoms. The van der Waals surface area contributed by atoms with E-state index >= 15 is 0 Å². The number of hydrogen-bond acceptors (Lipinski definition) is 0. The Balaban J connectivity index is 2.58. The maximum Gasteiger partial charge on any atom is 0.0392 e. The summed E-state index contributed by atoms with van der Waals surface area (Å²) in [6.07, 6.45) is 3.62. The van der Waals surface area contributed by atoms with Crippen molar-refractivity contribution in [2.75, 3.05) is 0 Å². The van der Waals surface area contributed by atoms with Gasteiger partial charge in [-0.15, -0.1) is 11.6 Å².